The summed E-state index contributed by atoms with van der Waals surface area (Å²) < 4.78 is 12.4. The van der Waals surface area contributed by atoms with Gasteiger partial charge in [-0.1, -0.05) is 15.9 Å². The monoisotopic (exact) mass is 367 g/mol. The second kappa shape index (κ2) is 6.51. The molecule has 0 aliphatic heterocycles. The maximum atomic E-state index is 11.7. The zero-order valence-electron chi connectivity index (χ0n) is 8.63. The molecule has 1 aromatic carbocycles. The first-order valence-electron chi connectivity index (χ1n) is 4.54. The van der Waals surface area contributed by atoms with E-state index in [0.29, 0.717) is 17.9 Å². The minimum Gasteiger partial charge on any atom is -0.351 e. The molecule has 1 unspecified atom stereocenters. The number of halogens is 2. The highest BCUT2D eigenvalue weighted by atomic mass is 79.9. The molecule has 0 aliphatic carbocycles. The average Bonchev–Trinajstić information content (AvgIpc) is 2.21. The molecule has 0 bridgehead atoms. The summed E-state index contributed by atoms with van der Waals surface area (Å²) in [4.78, 5) is 11.7. The van der Waals surface area contributed by atoms with Gasteiger partial charge in [-0.05, 0) is 34.1 Å². The van der Waals surface area contributed by atoms with Crippen molar-refractivity contribution < 1.29 is 9.00 Å². The molecule has 1 amide bonds. The largest absolute Gasteiger partial charge is 0.351 e. The standard InChI is InChI=1S/C10H11Br2NO2S/c1-16(15)5-4-13-10(14)8-6-7(11)2-3-9(8)12/h2-3,6H,4-5H2,1H3,(H,13,14). The van der Waals surface area contributed by atoms with Gasteiger partial charge in [-0.2, -0.15) is 0 Å². The first kappa shape index (κ1) is 13.9. The third-order valence-electron chi connectivity index (χ3n) is 1.85. The van der Waals surface area contributed by atoms with E-state index in [2.05, 4.69) is 37.2 Å². The van der Waals surface area contributed by atoms with Gasteiger partial charge in [-0.15, -0.1) is 0 Å². The van der Waals surface area contributed by atoms with Crippen LogP contribution in [-0.4, -0.2) is 28.7 Å². The zero-order valence-corrected chi connectivity index (χ0v) is 12.6. The molecule has 0 spiro atoms. The number of hydrogen-bond acceptors (Lipinski definition) is 2. The van der Waals surface area contributed by atoms with Crippen molar-refractivity contribution in [1.29, 1.82) is 0 Å². The van der Waals surface area contributed by atoms with E-state index < -0.39 is 10.8 Å². The van der Waals surface area contributed by atoms with Crippen molar-refractivity contribution in [3.63, 3.8) is 0 Å². The fourth-order valence-corrected chi connectivity index (χ4v) is 2.25. The first-order valence-corrected chi connectivity index (χ1v) is 7.85. The number of carbonyl (C=O) groups is 1. The molecule has 6 heteroatoms. The van der Waals surface area contributed by atoms with Crippen LogP contribution in [-0.2, 0) is 10.8 Å². The Morgan fingerprint density at radius 3 is 2.75 bits per heavy atom. The molecule has 0 aromatic heterocycles. The molecule has 16 heavy (non-hydrogen) atoms. The van der Waals surface area contributed by atoms with Crippen molar-refractivity contribution in [2.45, 2.75) is 0 Å². The molecule has 0 heterocycles. The summed E-state index contributed by atoms with van der Waals surface area (Å²) in [6.45, 7) is 0.418. The second-order valence-electron chi connectivity index (χ2n) is 3.16. The summed E-state index contributed by atoms with van der Waals surface area (Å²) in [5, 5.41) is 2.72. The van der Waals surface area contributed by atoms with Crippen LogP contribution in [0.5, 0.6) is 0 Å². The van der Waals surface area contributed by atoms with Gasteiger partial charge >= 0.3 is 0 Å². The highest BCUT2D eigenvalue weighted by Gasteiger charge is 2.09. The fraction of sp³-hybridized carbons (Fsp3) is 0.300. The molecule has 0 saturated heterocycles. The van der Waals surface area contributed by atoms with Crippen molar-refractivity contribution >= 4 is 48.6 Å². The van der Waals surface area contributed by atoms with Crippen LogP contribution in [0.1, 0.15) is 10.4 Å². The van der Waals surface area contributed by atoms with Gasteiger partial charge in [0.15, 0.2) is 0 Å². The molecule has 3 nitrogen and oxygen atoms in total. The molecule has 0 aliphatic rings. The summed E-state index contributed by atoms with van der Waals surface area (Å²) >= 11 is 6.62. The van der Waals surface area contributed by atoms with Crippen LogP contribution >= 0.6 is 31.9 Å². The van der Waals surface area contributed by atoms with Crippen molar-refractivity contribution in [2.24, 2.45) is 0 Å². The maximum absolute atomic E-state index is 11.7. The van der Waals surface area contributed by atoms with Crippen molar-refractivity contribution in [2.75, 3.05) is 18.6 Å². The molecule has 0 radical (unpaired) electrons. The van der Waals surface area contributed by atoms with Gasteiger partial charge in [0.2, 0.25) is 0 Å². The Bertz CT molecular complexity index is 423. The maximum Gasteiger partial charge on any atom is 0.252 e. The minimum absolute atomic E-state index is 0.168. The molecule has 1 atom stereocenters. The van der Waals surface area contributed by atoms with Crippen molar-refractivity contribution in [1.82, 2.24) is 5.32 Å². The van der Waals surface area contributed by atoms with Crippen LogP contribution in [0.15, 0.2) is 27.1 Å². The normalized spacial score (nSPS) is 12.2. The Morgan fingerprint density at radius 2 is 2.12 bits per heavy atom. The first-order chi connectivity index (χ1) is 7.50. The topological polar surface area (TPSA) is 46.2 Å². The average molecular weight is 369 g/mol. The lowest BCUT2D eigenvalue weighted by atomic mass is 10.2. The van der Waals surface area contributed by atoms with Crippen LogP contribution in [0, 0.1) is 0 Å². The van der Waals surface area contributed by atoms with Crippen LogP contribution in [0.3, 0.4) is 0 Å². The number of hydrogen-bond donors (Lipinski definition) is 1. The number of carbonyl (C=O) groups excluding carboxylic acids is 1. The smallest absolute Gasteiger partial charge is 0.252 e. The van der Waals surface area contributed by atoms with Crippen LogP contribution in [0.4, 0.5) is 0 Å². The van der Waals surface area contributed by atoms with E-state index in [9.17, 15) is 9.00 Å². The lowest BCUT2D eigenvalue weighted by Gasteiger charge is -2.06. The van der Waals surface area contributed by atoms with E-state index >= 15 is 0 Å². The Morgan fingerprint density at radius 1 is 1.44 bits per heavy atom. The lowest BCUT2D eigenvalue weighted by molar-refractivity contribution is 0.0955. The molecule has 1 rings (SSSR count). The van der Waals surface area contributed by atoms with Crippen LogP contribution in [0.2, 0.25) is 0 Å². The predicted octanol–water partition coefficient (Wildman–Crippen LogP) is 2.32. The highest BCUT2D eigenvalue weighted by molar-refractivity contribution is 9.11. The third kappa shape index (κ3) is 4.35. The lowest BCUT2D eigenvalue weighted by Crippen LogP contribution is -2.27. The summed E-state index contributed by atoms with van der Waals surface area (Å²) in [6.07, 6.45) is 1.61. The SMILES string of the molecule is CS(=O)CCNC(=O)c1cc(Br)ccc1Br. The predicted molar refractivity (Wildman–Crippen MR) is 73.1 cm³/mol. The van der Waals surface area contributed by atoms with Gasteiger partial charge in [-0.25, -0.2) is 0 Å². The van der Waals surface area contributed by atoms with Gasteiger partial charge in [0, 0.05) is 38.3 Å². The summed E-state index contributed by atoms with van der Waals surface area (Å²) in [5.41, 5.74) is 0.566. The Kier molecular flexibility index (Phi) is 5.64. The molecule has 0 fully saturated rings. The number of benzene rings is 1. The number of rotatable bonds is 4. The van der Waals surface area contributed by atoms with Gasteiger partial charge in [-0.3, -0.25) is 9.00 Å². The molecular formula is C10H11Br2NO2S. The van der Waals surface area contributed by atoms with Gasteiger partial charge in [0.1, 0.15) is 0 Å². The molecule has 1 aromatic rings. The second-order valence-corrected chi connectivity index (χ2v) is 6.48. The third-order valence-corrected chi connectivity index (χ3v) is 3.81. The minimum atomic E-state index is -0.884. The van der Waals surface area contributed by atoms with E-state index in [1.54, 1.807) is 18.4 Å². The van der Waals surface area contributed by atoms with Gasteiger partial charge in [0.05, 0.1) is 5.56 Å². The summed E-state index contributed by atoms with van der Waals surface area (Å²) in [7, 11) is -0.884. The molecular weight excluding hydrogens is 358 g/mol. The molecule has 1 N–H and O–H groups in total. The highest BCUT2D eigenvalue weighted by Crippen LogP contribution is 2.21. The van der Waals surface area contributed by atoms with Gasteiger partial charge < -0.3 is 5.32 Å². The number of nitrogens with one attached hydrogen (secondary N) is 1. The Balaban J connectivity index is 2.65. The number of amides is 1. The Hall–Kier alpha value is -0.200. The molecule has 0 saturated carbocycles. The molecule has 88 valence electrons. The Labute approximate surface area is 114 Å². The van der Waals surface area contributed by atoms with Crippen LogP contribution < -0.4 is 5.32 Å². The summed E-state index contributed by atoms with van der Waals surface area (Å²) in [5.74, 6) is 0.302. The van der Waals surface area contributed by atoms with E-state index in [1.165, 1.54) is 0 Å². The quantitative estimate of drug-likeness (QED) is 0.886. The van der Waals surface area contributed by atoms with E-state index in [4.69, 9.17) is 0 Å². The van der Waals surface area contributed by atoms with Crippen LogP contribution in [0.25, 0.3) is 0 Å². The zero-order chi connectivity index (χ0) is 12.1. The fourth-order valence-electron chi connectivity index (χ4n) is 1.08. The van der Waals surface area contributed by atoms with E-state index in [0.717, 1.165) is 8.95 Å². The van der Waals surface area contributed by atoms with E-state index in [1.807, 2.05) is 6.07 Å². The summed E-state index contributed by atoms with van der Waals surface area (Å²) in [6, 6.07) is 5.39. The van der Waals surface area contributed by atoms with Gasteiger partial charge in [0.25, 0.3) is 5.91 Å². The van der Waals surface area contributed by atoms with Crippen molar-refractivity contribution in [3.05, 3.63) is 32.7 Å². The van der Waals surface area contributed by atoms with E-state index in [-0.39, 0.29) is 5.91 Å². The van der Waals surface area contributed by atoms with Crippen molar-refractivity contribution in [3.8, 4) is 0 Å².